The zero-order valence-corrected chi connectivity index (χ0v) is 13.6. The van der Waals surface area contributed by atoms with Crippen LogP contribution in [0.3, 0.4) is 0 Å². The standard InChI is InChI=1S/C15H21BrN4O/c16-12-3-4-18-14(10-12)19-15(21)11-1-2-13(9-11)20-7-5-17-6-8-20/h3-4,10-11,13,17H,1-2,5-9H2,(H,18,19,21)/t11-,13+/m0/s1. The highest BCUT2D eigenvalue weighted by molar-refractivity contribution is 9.10. The fraction of sp³-hybridized carbons (Fsp3) is 0.600. The fourth-order valence-corrected chi connectivity index (χ4v) is 3.61. The molecule has 1 aliphatic heterocycles. The van der Waals surface area contributed by atoms with Crippen molar-refractivity contribution < 1.29 is 4.79 Å². The molecule has 0 aromatic carbocycles. The van der Waals surface area contributed by atoms with E-state index < -0.39 is 0 Å². The van der Waals surface area contributed by atoms with Crippen LogP contribution >= 0.6 is 15.9 Å². The highest BCUT2D eigenvalue weighted by atomic mass is 79.9. The molecule has 0 unspecified atom stereocenters. The predicted molar refractivity (Wildman–Crippen MR) is 86.1 cm³/mol. The first kappa shape index (κ1) is 14.9. The Labute approximate surface area is 133 Å². The number of aromatic nitrogens is 1. The summed E-state index contributed by atoms with van der Waals surface area (Å²) in [5, 5.41) is 6.31. The molecule has 0 radical (unpaired) electrons. The highest BCUT2D eigenvalue weighted by Gasteiger charge is 2.33. The van der Waals surface area contributed by atoms with Gasteiger partial charge in [-0.3, -0.25) is 9.69 Å². The minimum atomic E-state index is 0.109. The summed E-state index contributed by atoms with van der Waals surface area (Å²) in [5.74, 6) is 0.851. The van der Waals surface area contributed by atoms with E-state index in [0.29, 0.717) is 11.9 Å². The van der Waals surface area contributed by atoms with Crippen molar-refractivity contribution in [2.24, 2.45) is 5.92 Å². The summed E-state index contributed by atoms with van der Waals surface area (Å²) in [6.07, 6.45) is 4.77. The molecule has 21 heavy (non-hydrogen) atoms. The topological polar surface area (TPSA) is 57.3 Å². The molecule has 1 aromatic rings. The van der Waals surface area contributed by atoms with Gasteiger partial charge in [0.15, 0.2) is 0 Å². The molecule has 1 saturated carbocycles. The predicted octanol–water partition coefficient (Wildman–Crippen LogP) is 1.86. The Bertz CT molecular complexity index is 504. The van der Waals surface area contributed by atoms with Gasteiger partial charge in [-0.1, -0.05) is 15.9 Å². The van der Waals surface area contributed by atoms with Gasteiger partial charge in [-0.05, 0) is 31.4 Å². The smallest absolute Gasteiger partial charge is 0.228 e. The summed E-state index contributed by atoms with van der Waals surface area (Å²) < 4.78 is 0.929. The number of halogens is 1. The Kier molecular flexibility index (Phi) is 4.87. The molecular weight excluding hydrogens is 332 g/mol. The van der Waals surface area contributed by atoms with Gasteiger partial charge in [-0.2, -0.15) is 0 Å². The van der Waals surface area contributed by atoms with E-state index in [1.165, 1.54) is 0 Å². The Hall–Kier alpha value is -0.980. The van der Waals surface area contributed by atoms with E-state index in [-0.39, 0.29) is 11.8 Å². The first-order valence-electron chi connectivity index (χ1n) is 7.59. The Morgan fingerprint density at radius 2 is 2.19 bits per heavy atom. The molecule has 1 saturated heterocycles. The molecule has 114 valence electrons. The van der Waals surface area contributed by atoms with E-state index in [4.69, 9.17) is 0 Å². The molecule has 2 atom stereocenters. The van der Waals surface area contributed by atoms with Gasteiger partial charge in [0, 0.05) is 48.8 Å². The number of hydrogen-bond donors (Lipinski definition) is 2. The number of carbonyl (C=O) groups excluding carboxylic acids is 1. The Morgan fingerprint density at radius 3 is 2.95 bits per heavy atom. The van der Waals surface area contributed by atoms with Crippen LogP contribution < -0.4 is 10.6 Å². The minimum absolute atomic E-state index is 0.109. The van der Waals surface area contributed by atoms with Crippen molar-refractivity contribution in [3.05, 3.63) is 22.8 Å². The van der Waals surface area contributed by atoms with Crippen LogP contribution in [-0.2, 0) is 4.79 Å². The largest absolute Gasteiger partial charge is 0.314 e. The zero-order valence-electron chi connectivity index (χ0n) is 12.0. The average molecular weight is 353 g/mol. The Balaban J connectivity index is 1.54. The summed E-state index contributed by atoms with van der Waals surface area (Å²) in [6.45, 7) is 4.34. The van der Waals surface area contributed by atoms with Gasteiger partial charge in [-0.25, -0.2) is 4.98 Å². The monoisotopic (exact) mass is 352 g/mol. The molecule has 2 heterocycles. The van der Waals surface area contributed by atoms with Gasteiger partial charge in [0.2, 0.25) is 5.91 Å². The molecule has 5 nitrogen and oxygen atoms in total. The first-order chi connectivity index (χ1) is 10.2. The summed E-state index contributed by atoms with van der Waals surface area (Å²) in [6, 6.07) is 4.25. The minimum Gasteiger partial charge on any atom is -0.314 e. The molecule has 2 aliphatic rings. The van der Waals surface area contributed by atoms with E-state index in [1.54, 1.807) is 6.20 Å². The van der Waals surface area contributed by atoms with E-state index >= 15 is 0 Å². The van der Waals surface area contributed by atoms with E-state index in [9.17, 15) is 4.79 Å². The van der Waals surface area contributed by atoms with Gasteiger partial charge in [0.25, 0.3) is 0 Å². The second-order valence-corrected chi connectivity index (χ2v) is 6.71. The lowest BCUT2D eigenvalue weighted by Crippen LogP contribution is -2.47. The van der Waals surface area contributed by atoms with Gasteiger partial charge in [0.05, 0.1) is 0 Å². The Morgan fingerprint density at radius 1 is 1.38 bits per heavy atom. The average Bonchev–Trinajstić information content (AvgIpc) is 2.98. The molecule has 0 bridgehead atoms. The maximum Gasteiger partial charge on any atom is 0.228 e. The van der Waals surface area contributed by atoms with Gasteiger partial charge in [0.1, 0.15) is 5.82 Å². The molecule has 0 spiro atoms. The number of anilines is 1. The molecule has 2 N–H and O–H groups in total. The van der Waals surface area contributed by atoms with Crippen LogP contribution in [0.25, 0.3) is 0 Å². The van der Waals surface area contributed by atoms with Gasteiger partial charge >= 0.3 is 0 Å². The number of piperazine rings is 1. The molecule has 3 rings (SSSR count). The fourth-order valence-electron chi connectivity index (χ4n) is 3.28. The van der Waals surface area contributed by atoms with E-state index in [2.05, 4.69) is 36.4 Å². The molecule has 2 fully saturated rings. The lowest BCUT2D eigenvalue weighted by atomic mass is 10.1. The second kappa shape index (κ2) is 6.85. The van der Waals surface area contributed by atoms with Crippen molar-refractivity contribution in [1.82, 2.24) is 15.2 Å². The summed E-state index contributed by atoms with van der Waals surface area (Å²) in [5.41, 5.74) is 0. The third kappa shape index (κ3) is 3.81. The van der Waals surface area contributed by atoms with Crippen molar-refractivity contribution in [3.63, 3.8) is 0 Å². The van der Waals surface area contributed by atoms with Crippen LogP contribution in [0.2, 0.25) is 0 Å². The lowest BCUT2D eigenvalue weighted by molar-refractivity contribution is -0.119. The van der Waals surface area contributed by atoms with Crippen molar-refractivity contribution >= 4 is 27.7 Å². The van der Waals surface area contributed by atoms with E-state index in [0.717, 1.165) is 49.9 Å². The normalized spacial score (nSPS) is 26.7. The number of hydrogen-bond acceptors (Lipinski definition) is 4. The summed E-state index contributed by atoms with van der Waals surface area (Å²) in [4.78, 5) is 19.1. The van der Waals surface area contributed by atoms with Crippen LogP contribution in [0.1, 0.15) is 19.3 Å². The number of rotatable bonds is 3. The lowest BCUT2D eigenvalue weighted by Gasteiger charge is -2.32. The number of nitrogens with zero attached hydrogens (tertiary/aromatic N) is 2. The molecule has 6 heteroatoms. The molecule has 1 aliphatic carbocycles. The summed E-state index contributed by atoms with van der Waals surface area (Å²) >= 11 is 3.39. The van der Waals surface area contributed by atoms with Crippen LogP contribution in [0, 0.1) is 5.92 Å². The molecular formula is C15H21BrN4O. The maximum absolute atomic E-state index is 12.4. The van der Waals surface area contributed by atoms with Crippen molar-refractivity contribution in [2.45, 2.75) is 25.3 Å². The summed E-state index contributed by atoms with van der Waals surface area (Å²) in [7, 11) is 0. The number of carbonyl (C=O) groups is 1. The van der Waals surface area contributed by atoms with Crippen LogP contribution in [0.5, 0.6) is 0 Å². The van der Waals surface area contributed by atoms with Crippen molar-refractivity contribution in [2.75, 3.05) is 31.5 Å². The number of amides is 1. The molecule has 1 aromatic heterocycles. The van der Waals surface area contributed by atoms with Gasteiger partial charge < -0.3 is 10.6 Å². The highest BCUT2D eigenvalue weighted by Crippen LogP contribution is 2.30. The second-order valence-electron chi connectivity index (χ2n) is 5.80. The number of nitrogens with one attached hydrogen (secondary N) is 2. The number of pyridine rings is 1. The third-order valence-corrected chi connectivity index (χ3v) is 4.91. The van der Waals surface area contributed by atoms with Crippen molar-refractivity contribution in [1.29, 1.82) is 0 Å². The SMILES string of the molecule is O=C(Nc1cc(Br)ccn1)[C@H]1CC[C@@H](N2CCNCC2)C1. The zero-order chi connectivity index (χ0) is 14.7. The van der Waals surface area contributed by atoms with Crippen LogP contribution in [-0.4, -0.2) is 48.0 Å². The quantitative estimate of drug-likeness (QED) is 0.871. The van der Waals surface area contributed by atoms with E-state index in [1.807, 2.05) is 12.1 Å². The first-order valence-corrected chi connectivity index (χ1v) is 8.39. The molecule has 1 amide bonds. The van der Waals surface area contributed by atoms with Crippen LogP contribution in [0.15, 0.2) is 22.8 Å². The third-order valence-electron chi connectivity index (χ3n) is 4.42. The van der Waals surface area contributed by atoms with Crippen LogP contribution in [0.4, 0.5) is 5.82 Å². The van der Waals surface area contributed by atoms with Crippen molar-refractivity contribution in [3.8, 4) is 0 Å². The maximum atomic E-state index is 12.4. The van der Waals surface area contributed by atoms with Gasteiger partial charge in [-0.15, -0.1) is 0 Å².